The van der Waals surface area contributed by atoms with Gasteiger partial charge in [0, 0.05) is 51.4 Å². The molecule has 92 heavy (non-hydrogen) atoms. The fraction of sp³-hybridized carbons (Fsp3) is 0.878. The monoisotopic (exact) mass is 1310 g/mol. The van der Waals surface area contributed by atoms with Crippen LogP contribution in [-0.4, -0.2) is 112 Å². The normalized spacial score (nSPS) is 12.5. The Morgan fingerprint density at radius 1 is 0.261 bits per heavy atom. The van der Waals surface area contributed by atoms with Crippen molar-refractivity contribution < 1.29 is 86.2 Å². The summed E-state index contributed by atoms with van der Waals surface area (Å²) in [5, 5.41) is 10.0. The minimum Gasteiger partial charge on any atom is -0.481 e. The van der Waals surface area contributed by atoms with Crippen LogP contribution in [0, 0.1) is 22.2 Å². The number of hydrogen-bond acceptors (Lipinski definition) is 17. The van der Waals surface area contributed by atoms with Crippen LogP contribution in [0.3, 0.4) is 0 Å². The van der Waals surface area contributed by atoms with E-state index in [4.69, 9.17) is 37.9 Å². The van der Waals surface area contributed by atoms with Crippen LogP contribution >= 0.6 is 0 Å². The lowest BCUT2D eigenvalue weighted by atomic mass is 9.71. The fourth-order valence-corrected chi connectivity index (χ4v) is 10.9. The first-order valence-electron chi connectivity index (χ1n) is 36.9. The van der Waals surface area contributed by atoms with Crippen LogP contribution in [0.1, 0.15) is 344 Å². The molecule has 0 saturated heterocycles. The van der Waals surface area contributed by atoms with Crippen molar-refractivity contribution in [3.8, 4) is 0 Å². The molecule has 0 aliphatic rings. The summed E-state index contributed by atoms with van der Waals surface area (Å²) in [5.41, 5.74) is -4.09. The summed E-state index contributed by atoms with van der Waals surface area (Å²) in [4.78, 5) is 121. The largest absolute Gasteiger partial charge is 0.481 e. The van der Waals surface area contributed by atoms with Crippen molar-refractivity contribution in [1.82, 2.24) is 0 Å². The molecule has 0 radical (unpaired) electrons. The summed E-state index contributed by atoms with van der Waals surface area (Å²) in [6, 6.07) is 0. The third kappa shape index (κ3) is 44.8. The highest BCUT2D eigenvalue weighted by Gasteiger charge is 2.50. The van der Waals surface area contributed by atoms with Crippen LogP contribution in [0.2, 0.25) is 0 Å². The summed E-state index contributed by atoms with van der Waals surface area (Å²) >= 11 is 0. The standard InChI is InChI=1S/C74H132O18/c1-9-17-23-28-30-35-40-47-66(79)85-54-72(15-7,55-86-67(80)48-41-36-31-29-24-18-10-2)56-87-68(81)50-42-43-51-70(83)91-61-74(62(44-22-14-6)52-53-63(75)76,60-90-69(82)49-39-34-27-21-13-5)71(84)92-59-73(16-8,57-88-64(77)45-37-32-25-19-11-3)58-89-65(78)46-38-33-26-20-12-4/h62H,9-61H2,1-8H3,(H,75,76). The molecule has 0 aliphatic carbocycles. The Bertz CT molecular complexity index is 1890. The Balaban J connectivity index is 6.75. The number of hydrogen-bond donors (Lipinski definition) is 1. The van der Waals surface area contributed by atoms with Crippen LogP contribution in [0.5, 0.6) is 0 Å². The molecule has 536 valence electrons. The zero-order chi connectivity index (χ0) is 68.4. The van der Waals surface area contributed by atoms with E-state index >= 15 is 4.79 Å². The molecular weight excluding hydrogens is 1180 g/mol. The average molecular weight is 1310 g/mol. The predicted molar refractivity (Wildman–Crippen MR) is 359 cm³/mol. The third-order valence-electron chi connectivity index (χ3n) is 17.9. The molecule has 0 heterocycles. The molecule has 0 bridgehead atoms. The number of aliphatic carboxylic acids is 1. The molecule has 0 fully saturated rings. The van der Waals surface area contributed by atoms with Crippen molar-refractivity contribution in [2.45, 2.75) is 344 Å². The van der Waals surface area contributed by atoms with Gasteiger partial charge in [0.2, 0.25) is 0 Å². The van der Waals surface area contributed by atoms with Crippen LogP contribution < -0.4 is 0 Å². The second-order valence-electron chi connectivity index (χ2n) is 26.3. The van der Waals surface area contributed by atoms with Gasteiger partial charge < -0.3 is 43.0 Å². The molecule has 0 aromatic rings. The second kappa shape index (κ2) is 57.7. The van der Waals surface area contributed by atoms with E-state index in [-0.39, 0.29) is 122 Å². The number of carbonyl (C=O) groups is 9. The number of esters is 8. The first-order valence-corrected chi connectivity index (χ1v) is 36.9. The van der Waals surface area contributed by atoms with Gasteiger partial charge in [-0.15, -0.1) is 0 Å². The van der Waals surface area contributed by atoms with Gasteiger partial charge in [-0.25, -0.2) is 0 Å². The Hall–Kier alpha value is -4.77. The van der Waals surface area contributed by atoms with E-state index in [1.165, 1.54) is 25.7 Å². The highest BCUT2D eigenvalue weighted by atomic mass is 16.6. The molecule has 2 atom stereocenters. The molecule has 0 aromatic heterocycles. The highest BCUT2D eigenvalue weighted by molar-refractivity contribution is 5.80. The van der Waals surface area contributed by atoms with Crippen molar-refractivity contribution in [3.63, 3.8) is 0 Å². The third-order valence-corrected chi connectivity index (χ3v) is 17.9. The summed E-state index contributed by atoms with van der Waals surface area (Å²) in [6.07, 6.45) is 31.0. The lowest BCUT2D eigenvalue weighted by Crippen LogP contribution is -2.50. The van der Waals surface area contributed by atoms with E-state index < -0.39 is 83.8 Å². The van der Waals surface area contributed by atoms with Crippen LogP contribution in [-0.2, 0) is 81.0 Å². The van der Waals surface area contributed by atoms with E-state index in [2.05, 4.69) is 34.6 Å². The number of rotatable bonds is 65. The maximum Gasteiger partial charge on any atom is 0.319 e. The fourth-order valence-electron chi connectivity index (χ4n) is 10.9. The highest BCUT2D eigenvalue weighted by Crippen LogP contribution is 2.40. The molecule has 0 amide bonds. The molecule has 18 nitrogen and oxygen atoms in total. The topological polar surface area (TPSA) is 248 Å². The van der Waals surface area contributed by atoms with E-state index in [1.807, 2.05) is 20.8 Å². The Morgan fingerprint density at radius 2 is 0.478 bits per heavy atom. The number of carboxylic acid groups (broad SMARTS) is 1. The van der Waals surface area contributed by atoms with Crippen molar-refractivity contribution >= 4 is 53.7 Å². The molecule has 2 unspecified atom stereocenters. The Kier molecular flexibility index (Phi) is 54.7. The maximum atomic E-state index is 15.3. The molecule has 0 saturated carbocycles. The first-order chi connectivity index (χ1) is 44.4. The van der Waals surface area contributed by atoms with E-state index in [0.29, 0.717) is 57.8 Å². The van der Waals surface area contributed by atoms with Gasteiger partial charge in [0.25, 0.3) is 0 Å². The van der Waals surface area contributed by atoms with Gasteiger partial charge in [-0.1, -0.05) is 222 Å². The average Bonchev–Trinajstić information content (AvgIpc) is 0.820. The molecule has 0 aromatic carbocycles. The zero-order valence-corrected chi connectivity index (χ0v) is 59.4. The Labute approximate surface area is 557 Å². The van der Waals surface area contributed by atoms with Gasteiger partial charge in [0.1, 0.15) is 58.3 Å². The van der Waals surface area contributed by atoms with Gasteiger partial charge in [0.05, 0.1) is 10.8 Å². The second-order valence-corrected chi connectivity index (χ2v) is 26.3. The molecule has 0 rings (SSSR count). The van der Waals surface area contributed by atoms with E-state index in [0.717, 1.165) is 128 Å². The van der Waals surface area contributed by atoms with Crippen molar-refractivity contribution in [2.24, 2.45) is 22.2 Å². The lowest BCUT2D eigenvalue weighted by Gasteiger charge is -2.39. The SMILES string of the molecule is CCCCCCCCCC(=O)OCC(CC)(COC(=O)CCCCCCCCC)COC(=O)CCCCC(=O)OCC(COC(=O)CCCCCCC)(C(=O)OCC(CC)(COC(=O)CCCCCCC)COC(=O)CCCCCCC)C(CCCC)CCC(=O)O. The molecule has 0 spiro atoms. The number of ether oxygens (including phenoxy) is 8. The lowest BCUT2D eigenvalue weighted by molar-refractivity contribution is -0.184. The van der Waals surface area contributed by atoms with Gasteiger partial charge in [0.15, 0.2) is 0 Å². The Morgan fingerprint density at radius 3 is 0.717 bits per heavy atom. The summed E-state index contributed by atoms with van der Waals surface area (Å²) in [5.74, 6) is -6.32. The minimum absolute atomic E-state index is 0.0496. The molecular formula is C74H132O18. The van der Waals surface area contributed by atoms with Crippen LogP contribution in [0.4, 0.5) is 0 Å². The zero-order valence-electron chi connectivity index (χ0n) is 59.4. The molecule has 0 aliphatic heterocycles. The number of unbranched alkanes of at least 4 members (excludes halogenated alkanes) is 26. The quantitative estimate of drug-likeness (QED) is 0.0338. The van der Waals surface area contributed by atoms with Gasteiger partial charge in [-0.3, -0.25) is 43.2 Å². The summed E-state index contributed by atoms with van der Waals surface area (Å²) < 4.78 is 47.3. The van der Waals surface area contributed by atoms with Crippen molar-refractivity contribution in [3.05, 3.63) is 0 Å². The van der Waals surface area contributed by atoms with E-state index in [9.17, 15) is 43.5 Å². The van der Waals surface area contributed by atoms with E-state index in [1.54, 1.807) is 0 Å². The van der Waals surface area contributed by atoms with Crippen LogP contribution in [0.25, 0.3) is 0 Å². The van der Waals surface area contributed by atoms with Gasteiger partial charge in [-0.05, 0) is 76.5 Å². The van der Waals surface area contributed by atoms with Crippen LogP contribution in [0.15, 0.2) is 0 Å². The van der Waals surface area contributed by atoms with Gasteiger partial charge in [-0.2, -0.15) is 0 Å². The number of carbonyl (C=O) groups excluding carboxylic acids is 8. The first kappa shape index (κ1) is 87.2. The molecule has 18 heteroatoms. The predicted octanol–water partition coefficient (Wildman–Crippen LogP) is 17.7. The minimum atomic E-state index is -1.90. The summed E-state index contributed by atoms with van der Waals surface area (Å²) in [7, 11) is 0. The summed E-state index contributed by atoms with van der Waals surface area (Å²) in [6.45, 7) is 13.8. The maximum absolute atomic E-state index is 15.3. The molecule has 1 N–H and O–H groups in total. The number of carboxylic acids is 1. The van der Waals surface area contributed by atoms with Crippen molar-refractivity contribution in [2.75, 3.05) is 52.9 Å². The van der Waals surface area contributed by atoms with Gasteiger partial charge >= 0.3 is 53.7 Å². The smallest absolute Gasteiger partial charge is 0.319 e. The van der Waals surface area contributed by atoms with Crippen molar-refractivity contribution in [1.29, 1.82) is 0 Å².